The molecule has 0 aliphatic heterocycles. The fraction of sp³-hybridized carbons (Fsp3) is 0.444. The summed E-state index contributed by atoms with van der Waals surface area (Å²) in [4.78, 5) is 0. The van der Waals surface area contributed by atoms with Crippen LogP contribution in [0.1, 0.15) is 56.0 Å². The third-order valence-corrected chi connectivity index (χ3v) is 8.33. The fourth-order valence-electron chi connectivity index (χ4n) is 5.41. The van der Waals surface area contributed by atoms with Crippen LogP contribution in [0.4, 0.5) is 0 Å². The molecule has 0 bridgehead atoms. The number of hydrogen-bond acceptors (Lipinski definition) is 0. The number of benzene rings is 2. The van der Waals surface area contributed by atoms with Crippen LogP contribution < -0.4 is 4.57 Å². The van der Waals surface area contributed by atoms with E-state index in [2.05, 4.69) is 97.0 Å². The molecule has 0 radical (unpaired) electrons. The summed E-state index contributed by atoms with van der Waals surface area (Å²) < 4.78 is 7.22. The Morgan fingerprint density at radius 3 is 1.23 bits per heavy atom. The first-order chi connectivity index (χ1) is 13.9. The largest absolute Gasteiger partial charge is 0.268 e. The molecule has 0 aliphatic carbocycles. The van der Waals surface area contributed by atoms with Gasteiger partial charge in [0.15, 0.2) is 5.82 Å². The van der Waals surface area contributed by atoms with Crippen molar-refractivity contribution in [1.29, 1.82) is 0 Å². The topological polar surface area (TPSA) is 13.7 Å². The molecule has 2 aromatic carbocycles. The van der Waals surface area contributed by atoms with Crippen molar-refractivity contribution in [1.82, 2.24) is 9.13 Å². The Morgan fingerprint density at radius 1 is 0.533 bits per heavy atom. The Labute approximate surface area is 180 Å². The smallest absolute Gasteiger partial charge is 0.264 e. The summed E-state index contributed by atoms with van der Waals surface area (Å²) in [7, 11) is 4.37. The summed E-state index contributed by atoms with van der Waals surface area (Å²) >= 11 is 0. The second kappa shape index (κ2) is 6.47. The first-order valence-corrected chi connectivity index (χ1v) is 11.0. The second-order valence-electron chi connectivity index (χ2n) is 9.36. The Bertz CT molecular complexity index is 1290. The van der Waals surface area contributed by atoms with E-state index in [4.69, 9.17) is 0 Å². The van der Waals surface area contributed by atoms with Gasteiger partial charge in [0.05, 0.1) is 14.1 Å². The van der Waals surface area contributed by atoms with Crippen molar-refractivity contribution < 1.29 is 4.57 Å². The van der Waals surface area contributed by atoms with Crippen LogP contribution in [0.25, 0.3) is 27.6 Å². The van der Waals surface area contributed by atoms with E-state index in [-0.39, 0.29) is 0 Å². The van der Waals surface area contributed by atoms with E-state index < -0.39 is 0 Å². The van der Waals surface area contributed by atoms with Gasteiger partial charge in [0, 0.05) is 17.7 Å². The average Bonchev–Trinajstić information content (AvgIpc) is 3.16. The molecule has 30 heavy (non-hydrogen) atoms. The van der Waals surface area contributed by atoms with Crippen LogP contribution in [-0.4, -0.2) is 9.13 Å². The van der Waals surface area contributed by atoms with E-state index in [1.165, 1.54) is 83.6 Å². The minimum absolute atomic E-state index is 1.26. The van der Waals surface area contributed by atoms with E-state index in [0.29, 0.717) is 0 Å². The average molecular weight is 403 g/mol. The van der Waals surface area contributed by atoms with Gasteiger partial charge < -0.3 is 0 Å². The standard InChI is InChI=1S/C27H36N3/c1-13-15(3)19(7)25-23(17(13)5)24-18(6)14(2)16(4)20(8)26(24)30(25)27-21(9)28(11)22(10)29(27)12/h1-12H3/q+1. The molecule has 0 unspecified atom stereocenters. The fourth-order valence-corrected chi connectivity index (χ4v) is 5.41. The first kappa shape index (κ1) is 20.7. The van der Waals surface area contributed by atoms with Crippen molar-refractivity contribution in [3.8, 4) is 5.82 Å². The Balaban J connectivity index is 2.49. The van der Waals surface area contributed by atoms with Crippen LogP contribution in [-0.2, 0) is 14.1 Å². The number of hydrogen-bond donors (Lipinski definition) is 0. The number of nitrogens with zero attached hydrogens (tertiary/aromatic N) is 3. The summed E-state index contributed by atoms with van der Waals surface area (Å²) in [6.45, 7) is 22.8. The zero-order valence-electron chi connectivity index (χ0n) is 20.8. The maximum atomic E-state index is 2.57. The summed E-state index contributed by atoms with van der Waals surface area (Å²) in [6.07, 6.45) is 0. The molecule has 3 nitrogen and oxygen atoms in total. The predicted molar refractivity (Wildman–Crippen MR) is 128 cm³/mol. The lowest BCUT2D eigenvalue weighted by Crippen LogP contribution is -2.35. The lowest BCUT2D eigenvalue weighted by Gasteiger charge is -2.12. The molecule has 0 saturated carbocycles. The van der Waals surface area contributed by atoms with E-state index in [9.17, 15) is 0 Å². The summed E-state index contributed by atoms with van der Waals surface area (Å²) in [5.41, 5.74) is 15.3. The van der Waals surface area contributed by atoms with Gasteiger partial charge in [-0.05, 0) is 107 Å². The molecule has 3 heteroatoms. The van der Waals surface area contributed by atoms with Crippen LogP contribution in [0.15, 0.2) is 0 Å². The highest BCUT2D eigenvalue weighted by Gasteiger charge is 2.31. The number of rotatable bonds is 1. The molecule has 4 aromatic rings. The molecule has 2 aromatic heterocycles. The lowest BCUT2D eigenvalue weighted by atomic mass is 9.90. The van der Waals surface area contributed by atoms with Crippen molar-refractivity contribution in [3.63, 3.8) is 0 Å². The van der Waals surface area contributed by atoms with Crippen LogP contribution in [0.5, 0.6) is 0 Å². The van der Waals surface area contributed by atoms with Gasteiger partial charge in [-0.15, -0.1) is 0 Å². The summed E-state index contributed by atoms with van der Waals surface area (Å²) in [5, 5.41) is 2.85. The highest BCUT2D eigenvalue weighted by atomic mass is 15.2. The molecule has 0 atom stereocenters. The molecule has 4 rings (SSSR count). The van der Waals surface area contributed by atoms with E-state index >= 15 is 0 Å². The molecule has 0 spiro atoms. The quantitative estimate of drug-likeness (QED) is 0.345. The van der Waals surface area contributed by atoms with Gasteiger partial charge in [-0.3, -0.25) is 4.57 Å². The van der Waals surface area contributed by atoms with Gasteiger partial charge >= 0.3 is 0 Å². The van der Waals surface area contributed by atoms with E-state index in [1.807, 2.05) is 0 Å². The van der Waals surface area contributed by atoms with Crippen LogP contribution >= 0.6 is 0 Å². The number of aryl methyl sites for hydroxylation is 4. The molecule has 2 heterocycles. The molecule has 158 valence electrons. The van der Waals surface area contributed by atoms with E-state index in [0.717, 1.165) is 0 Å². The van der Waals surface area contributed by atoms with Crippen LogP contribution in [0.3, 0.4) is 0 Å². The van der Waals surface area contributed by atoms with Crippen molar-refractivity contribution in [2.24, 2.45) is 14.1 Å². The molecule has 0 fully saturated rings. The molecular formula is C27H36N3+. The number of fused-ring (bicyclic) bond motifs is 3. The summed E-state index contributed by atoms with van der Waals surface area (Å²) in [6, 6.07) is 0. The van der Waals surface area contributed by atoms with E-state index in [1.54, 1.807) is 0 Å². The Hall–Kier alpha value is -2.55. The molecule has 0 aliphatic rings. The van der Waals surface area contributed by atoms with Gasteiger partial charge in [0.1, 0.15) is 16.7 Å². The Morgan fingerprint density at radius 2 is 0.900 bits per heavy atom. The van der Waals surface area contributed by atoms with Gasteiger partial charge in [0.25, 0.3) is 5.82 Å². The SMILES string of the molecule is Cc1c(C)c(C)c2c(c1C)c1c(C)c(C)c(C)c(C)c1n2-c1c(C)n(C)c(C)[n+]1C. The van der Waals surface area contributed by atoms with Crippen molar-refractivity contribution in [2.75, 3.05) is 0 Å². The minimum atomic E-state index is 1.26. The van der Waals surface area contributed by atoms with Crippen LogP contribution in [0, 0.1) is 69.2 Å². The second-order valence-corrected chi connectivity index (χ2v) is 9.36. The zero-order chi connectivity index (χ0) is 22.4. The highest BCUT2D eigenvalue weighted by Crippen LogP contribution is 2.43. The molecule has 0 amide bonds. The van der Waals surface area contributed by atoms with Crippen LogP contribution in [0.2, 0.25) is 0 Å². The summed E-state index contributed by atoms with van der Waals surface area (Å²) in [5.74, 6) is 2.53. The van der Waals surface area contributed by atoms with Gasteiger partial charge in [-0.25, -0.2) is 9.13 Å². The maximum Gasteiger partial charge on any atom is 0.268 e. The van der Waals surface area contributed by atoms with Crippen molar-refractivity contribution in [2.45, 2.75) is 69.2 Å². The van der Waals surface area contributed by atoms with Crippen molar-refractivity contribution >= 4 is 21.8 Å². The predicted octanol–water partition coefficient (Wildman–Crippen LogP) is 6.03. The lowest BCUT2D eigenvalue weighted by molar-refractivity contribution is -0.671. The van der Waals surface area contributed by atoms with Gasteiger partial charge in [-0.2, -0.15) is 0 Å². The third-order valence-electron chi connectivity index (χ3n) is 8.33. The number of imidazole rings is 1. The zero-order valence-corrected chi connectivity index (χ0v) is 20.8. The first-order valence-electron chi connectivity index (χ1n) is 11.0. The normalized spacial score (nSPS) is 12.0. The Kier molecular flexibility index (Phi) is 4.47. The minimum Gasteiger partial charge on any atom is -0.264 e. The third kappa shape index (κ3) is 2.29. The molecule has 0 N–H and O–H groups in total. The van der Waals surface area contributed by atoms with Gasteiger partial charge in [0.2, 0.25) is 0 Å². The van der Waals surface area contributed by atoms with Gasteiger partial charge in [-0.1, -0.05) is 0 Å². The number of aromatic nitrogens is 3. The molecular weight excluding hydrogens is 366 g/mol. The monoisotopic (exact) mass is 402 g/mol. The maximum absolute atomic E-state index is 2.57. The highest BCUT2D eigenvalue weighted by molar-refractivity contribution is 6.15. The molecule has 0 saturated heterocycles. The van der Waals surface area contributed by atoms with Crippen molar-refractivity contribution in [3.05, 3.63) is 56.0 Å².